The van der Waals surface area contributed by atoms with Gasteiger partial charge in [0.25, 0.3) is 0 Å². The number of hydrogen-bond donors (Lipinski definition) is 0. The second kappa shape index (κ2) is 6.75. The zero-order valence-electron chi connectivity index (χ0n) is 15.5. The summed E-state index contributed by atoms with van der Waals surface area (Å²) in [5.41, 5.74) is 2.63. The first-order chi connectivity index (χ1) is 10.5. The van der Waals surface area contributed by atoms with Gasteiger partial charge in [0.15, 0.2) is 0 Å². The average Bonchev–Trinajstić information content (AvgIpc) is 2.63. The van der Waals surface area contributed by atoms with Crippen LogP contribution in [-0.4, -0.2) is 43.9 Å². The molecule has 0 unspecified atom stereocenters. The zero-order chi connectivity index (χ0) is 17.4. The van der Waals surface area contributed by atoms with Gasteiger partial charge in [-0.2, -0.15) is 0 Å². The molecular formula is C18H29BClNO2. The predicted octanol–water partition coefficient (Wildman–Crippen LogP) is 3.44. The van der Waals surface area contributed by atoms with Crippen LogP contribution in [0.15, 0.2) is 12.1 Å². The molecule has 128 valence electrons. The van der Waals surface area contributed by atoms with Crippen molar-refractivity contribution in [1.82, 2.24) is 4.90 Å². The standard InChI is InChI=1S/C18H29BClNO2/c1-13-15(19-22-17(2,3)18(4,5)23-19)11-10-14(16(13)20)9-8-12-21(6)7/h10-11H,8-9,12H2,1-7H3. The van der Waals surface area contributed by atoms with Crippen LogP contribution in [0.25, 0.3) is 0 Å². The molecule has 23 heavy (non-hydrogen) atoms. The summed E-state index contributed by atoms with van der Waals surface area (Å²) < 4.78 is 12.3. The maximum Gasteiger partial charge on any atom is 0.495 e. The van der Waals surface area contributed by atoms with Crippen LogP contribution < -0.4 is 5.46 Å². The third-order valence-electron chi connectivity index (χ3n) is 5.07. The Labute approximate surface area is 146 Å². The van der Waals surface area contributed by atoms with E-state index in [2.05, 4.69) is 65.7 Å². The van der Waals surface area contributed by atoms with Gasteiger partial charge in [0.1, 0.15) is 0 Å². The highest BCUT2D eigenvalue weighted by atomic mass is 35.5. The first kappa shape index (κ1) is 18.8. The number of benzene rings is 1. The van der Waals surface area contributed by atoms with Crippen molar-refractivity contribution >= 4 is 24.2 Å². The van der Waals surface area contributed by atoms with Gasteiger partial charge in [0.2, 0.25) is 0 Å². The number of aryl methyl sites for hydroxylation is 1. The highest BCUT2D eigenvalue weighted by Crippen LogP contribution is 2.37. The molecule has 0 saturated carbocycles. The summed E-state index contributed by atoms with van der Waals surface area (Å²) in [4.78, 5) is 2.19. The van der Waals surface area contributed by atoms with Crippen molar-refractivity contribution in [3.63, 3.8) is 0 Å². The topological polar surface area (TPSA) is 21.7 Å². The van der Waals surface area contributed by atoms with Gasteiger partial charge in [-0.15, -0.1) is 0 Å². The van der Waals surface area contributed by atoms with Crippen LogP contribution in [0.3, 0.4) is 0 Å². The molecule has 0 radical (unpaired) electrons. The summed E-state index contributed by atoms with van der Waals surface area (Å²) in [6.45, 7) is 11.4. The Balaban J connectivity index is 2.18. The van der Waals surface area contributed by atoms with Crippen molar-refractivity contribution in [2.24, 2.45) is 0 Å². The molecule has 5 heteroatoms. The fourth-order valence-electron chi connectivity index (χ4n) is 2.76. The van der Waals surface area contributed by atoms with E-state index in [0.29, 0.717) is 0 Å². The second-order valence-corrected chi connectivity index (χ2v) is 8.13. The Morgan fingerprint density at radius 1 is 1.09 bits per heavy atom. The molecule has 3 nitrogen and oxygen atoms in total. The van der Waals surface area contributed by atoms with Crippen molar-refractivity contribution < 1.29 is 9.31 Å². The van der Waals surface area contributed by atoms with Crippen LogP contribution in [0.1, 0.15) is 45.2 Å². The molecule has 0 N–H and O–H groups in total. The van der Waals surface area contributed by atoms with Crippen LogP contribution in [0, 0.1) is 6.92 Å². The molecular weight excluding hydrogens is 308 g/mol. The SMILES string of the molecule is Cc1c(B2OC(C)(C)C(C)(C)O2)ccc(CCCN(C)C)c1Cl. The Bertz CT molecular complexity index is 556. The van der Waals surface area contributed by atoms with E-state index < -0.39 is 0 Å². The van der Waals surface area contributed by atoms with E-state index in [4.69, 9.17) is 20.9 Å². The number of halogens is 1. The molecule has 0 atom stereocenters. The summed E-state index contributed by atoms with van der Waals surface area (Å²) in [6.07, 6.45) is 2.09. The van der Waals surface area contributed by atoms with Crippen LogP contribution in [-0.2, 0) is 15.7 Å². The minimum Gasteiger partial charge on any atom is -0.399 e. The molecule has 0 spiro atoms. The van der Waals surface area contributed by atoms with Crippen LogP contribution in [0.5, 0.6) is 0 Å². The third-order valence-corrected chi connectivity index (χ3v) is 5.59. The Hall–Kier alpha value is -0.545. The summed E-state index contributed by atoms with van der Waals surface area (Å²) in [7, 11) is 3.83. The van der Waals surface area contributed by atoms with Gasteiger partial charge in [-0.1, -0.05) is 23.7 Å². The van der Waals surface area contributed by atoms with Gasteiger partial charge >= 0.3 is 7.12 Å². The van der Waals surface area contributed by atoms with Crippen molar-refractivity contribution in [3.05, 3.63) is 28.3 Å². The van der Waals surface area contributed by atoms with Crippen molar-refractivity contribution in [2.75, 3.05) is 20.6 Å². The van der Waals surface area contributed by atoms with Crippen molar-refractivity contribution in [3.8, 4) is 0 Å². The van der Waals surface area contributed by atoms with E-state index in [1.807, 2.05) is 0 Å². The molecule has 2 rings (SSSR count). The summed E-state index contributed by atoms with van der Waals surface area (Å²) in [5, 5.41) is 0.843. The molecule has 1 saturated heterocycles. The monoisotopic (exact) mass is 337 g/mol. The van der Waals surface area contributed by atoms with Crippen LogP contribution in [0.2, 0.25) is 5.02 Å². The molecule has 1 aliphatic rings. The van der Waals surface area contributed by atoms with Gasteiger partial charge < -0.3 is 14.2 Å². The van der Waals surface area contributed by atoms with E-state index in [0.717, 1.165) is 35.4 Å². The molecule has 0 aliphatic carbocycles. The first-order valence-electron chi connectivity index (χ1n) is 8.33. The highest BCUT2D eigenvalue weighted by Gasteiger charge is 2.52. The largest absolute Gasteiger partial charge is 0.495 e. The van der Waals surface area contributed by atoms with E-state index in [-0.39, 0.29) is 18.3 Å². The lowest BCUT2D eigenvalue weighted by atomic mass is 9.75. The molecule has 1 heterocycles. The summed E-state index contributed by atoms with van der Waals surface area (Å²) >= 11 is 6.61. The molecule has 0 aromatic heterocycles. The van der Waals surface area contributed by atoms with Crippen molar-refractivity contribution in [1.29, 1.82) is 0 Å². The van der Waals surface area contributed by atoms with E-state index in [9.17, 15) is 0 Å². The smallest absolute Gasteiger partial charge is 0.399 e. The summed E-state index contributed by atoms with van der Waals surface area (Å²) in [6, 6.07) is 4.22. The zero-order valence-corrected chi connectivity index (χ0v) is 16.3. The van der Waals surface area contributed by atoms with Gasteiger partial charge in [-0.25, -0.2) is 0 Å². The van der Waals surface area contributed by atoms with Gasteiger partial charge in [0.05, 0.1) is 11.2 Å². The first-order valence-corrected chi connectivity index (χ1v) is 8.71. The number of hydrogen-bond acceptors (Lipinski definition) is 3. The minimum atomic E-state index is -0.353. The van der Waals surface area contributed by atoms with Gasteiger partial charge in [-0.3, -0.25) is 0 Å². The Kier molecular flexibility index (Phi) is 5.52. The fraction of sp³-hybridized carbons (Fsp3) is 0.667. The van der Waals surface area contributed by atoms with Gasteiger partial charge in [-0.05, 0) is 84.7 Å². The second-order valence-electron chi connectivity index (χ2n) is 7.75. The van der Waals surface area contributed by atoms with Crippen LogP contribution in [0.4, 0.5) is 0 Å². The summed E-state index contributed by atoms with van der Waals surface area (Å²) in [5.74, 6) is 0. The quantitative estimate of drug-likeness (QED) is 0.768. The number of nitrogens with zero attached hydrogens (tertiary/aromatic N) is 1. The molecule has 1 fully saturated rings. The van der Waals surface area contributed by atoms with E-state index in [1.54, 1.807) is 0 Å². The fourth-order valence-corrected chi connectivity index (χ4v) is 3.03. The molecule has 1 aliphatic heterocycles. The van der Waals surface area contributed by atoms with Crippen molar-refractivity contribution in [2.45, 2.75) is 58.7 Å². The van der Waals surface area contributed by atoms with E-state index in [1.165, 1.54) is 5.56 Å². The minimum absolute atomic E-state index is 0.332. The lowest BCUT2D eigenvalue weighted by Gasteiger charge is -2.32. The Morgan fingerprint density at radius 2 is 1.65 bits per heavy atom. The molecule has 1 aromatic carbocycles. The normalized spacial score (nSPS) is 19.6. The highest BCUT2D eigenvalue weighted by molar-refractivity contribution is 6.63. The lowest BCUT2D eigenvalue weighted by Crippen LogP contribution is -2.41. The maximum absolute atomic E-state index is 6.61. The van der Waals surface area contributed by atoms with Gasteiger partial charge in [0, 0.05) is 5.02 Å². The molecule has 0 amide bonds. The molecule has 1 aromatic rings. The Morgan fingerprint density at radius 3 is 2.17 bits per heavy atom. The van der Waals surface area contributed by atoms with E-state index >= 15 is 0 Å². The van der Waals surface area contributed by atoms with Crippen LogP contribution >= 0.6 is 11.6 Å². The average molecular weight is 338 g/mol. The number of rotatable bonds is 5. The lowest BCUT2D eigenvalue weighted by molar-refractivity contribution is 0.00578. The third kappa shape index (κ3) is 3.93. The molecule has 0 bridgehead atoms. The maximum atomic E-state index is 6.61. The predicted molar refractivity (Wildman–Crippen MR) is 98.8 cm³/mol.